The molecule has 1 fully saturated rings. The summed E-state index contributed by atoms with van der Waals surface area (Å²) < 4.78 is 5.46. The van der Waals surface area contributed by atoms with Gasteiger partial charge in [-0.05, 0) is 32.6 Å². The molecule has 11 heavy (non-hydrogen) atoms. The van der Waals surface area contributed by atoms with Gasteiger partial charge < -0.3 is 4.74 Å². The number of hydrogen-bond acceptors (Lipinski definition) is 2. The van der Waals surface area contributed by atoms with Crippen molar-refractivity contribution in [1.82, 2.24) is 0 Å². The van der Waals surface area contributed by atoms with E-state index < -0.39 is 0 Å². The zero-order valence-corrected chi connectivity index (χ0v) is 7.30. The summed E-state index contributed by atoms with van der Waals surface area (Å²) in [7, 11) is 0. The first-order valence-electron chi connectivity index (χ1n) is 4.29. The lowest BCUT2D eigenvalue weighted by atomic mass is 10.2. The summed E-state index contributed by atoms with van der Waals surface area (Å²) in [5.41, 5.74) is 0. The van der Waals surface area contributed by atoms with Crippen LogP contribution in [0.5, 0.6) is 0 Å². The Labute approximate surface area is 67.9 Å². The quantitative estimate of drug-likeness (QED) is 0.606. The summed E-state index contributed by atoms with van der Waals surface area (Å²) in [6, 6.07) is 0. The van der Waals surface area contributed by atoms with Gasteiger partial charge in [-0.3, -0.25) is 4.79 Å². The zero-order valence-electron chi connectivity index (χ0n) is 7.30. The van der Waals surface area contributed by atoms with Crippen molar-refractivity contribution in [2.75, 3.05) is 6.61 Å². The largest absolute Gasteiger partial charge is 0.378 e. The SMILES string of the molecule is CC(=O)CC(C)OCC1CC1. The molecule has 0 amide bonds. The Hall–Kier alpha value is -0.370. The molecule has 0 heterocycles. The van der Waals surface area contributed by atoms with E-state index in [1.807, 2.05) is 6.92 Å². The van der Waals surface area contributed by atoms with Crippen LogP contribution < -0.4 is 0 Å². The van der Waals surface area contributed by atoms with Crippen molar-refractivity contribution in [3.05, 3.63) is 0 Å². The van der Waals surface area contributed by atoms with Gasteiger partial charge in [0, 0.05) is 13.0 Å². The average Bonchev–Trinajstić information content (AvgIpc) is 2.63. The van der Waals surface area contributed by atoms with Crippen LogP contribution in [0.25, 0.3) is 0 Å². The molecule has 0 spiro atoms. The van der Waals surface area contributed by atoms with Crippen LogP contribution >= 0.6 is 0 Å². The lowest BCUT2D eigenvalue weighted by Crippen LogP contribution is -2.13. The van der Waals surface area contributed by atoms with Crippen LogP contribution in [0.4, 0.5) is 0 Å². The number of carbonyl (C=O) groups excluding carboxylic acids is 1. The van der Waals surface area contributed by atoms with E-state index in [9.17, 15) is 4.79 Å². The predicted octanol–water partition coefficient (Wildman–Crippen LogP) is 1.78. The highest BCUT2D eigenvalue weighted by Crippen LogP contribution is 2.29. The lowest BCUT2D eigenvalue weighted by Gasteiger charge is -2.09. The van der Waals surface area contributed by atoms with Crippen LogP contribution in [0.2, 0.25) is 0 Å². The van der Waals surface area contributed by atoms with Gasteiger partial charge >= 0.3 is 0 Å². The Bertz CT molecular complexity index is 138. The maximum Gasteiger partial charge on any atom is 0.132 e. The van der Waals surface area contributed by atoms with Crippen molar-refractivity contribution in [2.24, 2.45) is 5.92 Å². The number of ether oxygens (including phenoxy) is 1. The molecule has 2 nitrogen and oxygen atoms in total. The maximum atomic E-state index is 10.6. The van der Waals surface area contributed by atoms with E-state index in [1.165, 1.54) is 12.8 Å². The molecule has 0 saturated heterocycles. The molecule has 1 rings (SSSR count). The highest BCUT2D eigenvalue weighted by atomic mass is 16.5. The molecule has 0 aromatic carbocycles. The summed E-state index contributed by atoms with van der Waals surface area (Å²) in [6.45, 7) is 4.43. The fourth-order valence-electron chi connectivity index (χ4n) is 1.05. The molecule has 0 aromatic rings. The number of carbonyl (C=O) groups is 1. The minimum Gasteiger partial charge on any atom is -0.378 e. The van der Waals surface area contributed by atoms with Crippen molar-refractivity contribution >= 4 is 5.78 Å². The van der Waals surface area contributed by atoms with E-state index in [-0.39, 0.29) is 11.9 Å². The molecule has 1 saturated carbocycles. The third-order valence-electron chi connectivity index (χ3n) is 1.89. The minimum atomic E-state index is 0.119. The molecule has 0 N–H and O–H groups in total. The molecular weight excluding hydrogens is 140 g/mol. The second-order valence-electron chi connectivity index (χ2n) is 3.49. The van der Waals surface area contributed by atoms with Crippen LogP contribution in [-0.2, 0) is 9.53 Å². The molecule has 2 heteroatoms. The van der Waals surface area contributed by atoms with Gasteiger partial charge in [-0.1, -0.05) is 0 Å². The zero-order chi connectivity index (χ0) is 8.27. The summed E-state index contributed by atoms with van der Waals surface area (Å²) in [4.78, 5) is 10.6. The van der Waals surface area contributed by atoms with E-state index in [1.54, 1.807) is 6.92 Å². The van der Waals surface area contributed by atoms with Crippen LogP contribution in [0, 0.1) is 5.92 Å². The van der Waals surface area contributed by atoms with Crippen molar-refractivity contribution in [3.8, 4) is 0 Å². The molecule has 1 aliphatic rings. The highest BCUT2D eigenvalue weighted by molar-refractivity contribution is 5.75. The van der Waals surface area contributed by atoms with Crippen molar-refractivity contribution in [2.45, 2.75) is 39.2 Å². The normalized spacial score (nSPS) is 19.8. The molecule has 64 valence electrons. The molecule has 0 aliphatic heterocycles. The Morgan fingerprint density at radius 2 is 2.27 bits per heavy atom. The van der Waals surface area contributed by atoms with E-state index in [0.29, 0.717) is 6.42 Å². The lowest BCUT2D eigenvalue weighted by molar-refractivity contribution is -0.119. The Kier molecular flexibility index (Phi) is 3.06. The molecule has 0 bridgehead atoms. The molecule has 1 atom stereocenters. The van der Waals surface area contributed by atoms with Gasteiger partial charge in [-0.2, -0.15) is 0 Å². The van der Waals surface area contributed by atoms with E-state index >= 15 is 0 Å². The monoisotopic (exact) mass is 156 g/mol. The third kappa shape index (κ3) is 4.14. The highest BCUT2D eigenvalue weighted by Gasteiger charge is 2.22. The van der Waals surface area contributed by atoms with Crippen molar-refractivity contribution in [1.29, 1.82) is 0 Å². The van der Waals surface area contributed by atoms with E-state index in [0.717, 1.165) is 12.5 Å². The van der Waals surface area contributed by atoms with Gasteiger partial charge in [-0.25, -0.2) is 0 Å². The van der Waals surface area contributed by atoms with Gasteiger partial charge in [0.1, 0.15) is 5.78 Å². The first-order chi connectivity index (χ1) is 5.18. The van der Waals surface area contributed by atoms with E-state index in [2.05, 4.69) is 0 Å². The topological polar surface area (TPSA) is 26.3 Å². The second kappa shape index (κ2) is 3.86. The molecule has 0 radical (unpaired) electrons. The standard InChI is InChI=1S/C9H16O2/c1-7(10)5-8(2)11-6-9-3-4-9/h8-9H,3-6H2,1-2H3. The van der Waals surface area contributed by atoms with Crippen molar-refractivity contribution < 1.29 is 9.53 Å². The molecule has 0 aromatic heterocycles. The smallest absolute Gasteiger partial charge is 0.132 e. The summed E-state index contributed by atoms with van der Waals surface area (Å²) >= 11 is 0. The fraction of sp³-hybridized carbons (Fsp3) is 0.889. The molecule has 1 unspecified atom stereocenters. The second-order valence-corrected chi connectivity index (χ2v) is 3.49. The Morgan fingerprint density at radius 1 is 1.64 bits per heavy atom. The average molecular weight is 156 g/mol. The van der Waals surface area contributed by atoms with Crippen LogP contribution in [0.15, 0.2) is 0 Å². The fourth-order valence-corrected chi connectivity index (χ4v) is 1.05. The molecule has 1 aliphatic carbocycles. The number of ketones is 1. The first-order valence-corrected chi connectivity index (χ1v) is 4.29. The predicted molar refractivity (Wildman–Crippen MR) is 43.4 cm³/mol. The van der Waals surface area contributed by atoms with Gasteiger partial charge in [0.05, 0.1) is 6.10 Å². The minimum absolute atomic E-state index is 0.119. The number of Topliss-reactive ketones (excluding diaryl/α,β-unsaturated/α-hetero) is 1. The summed E-state index contributed by atoms with van der Waals surface area (Å²) in [5.74, 6) is 1.01. The number of rotatable bonds is 5. The Morgan fingerprint density at radius 3 is 2.73 bits per heavy atom. The van der Waals surface area contributed by atoms with Gasteiger partial charge in [0.2, 0.25) is 0 Å². The van der Waals surface area contributed by atoms with E-state index in [4.69, 9.17) is 4.74 Å². The number of hydrogen-bond donors (Lipinski definition) is 0. The van der Waals surface area contributed by atoms with Crippen LogP contribution in [0.3, 0.4) is 0 Å². The van der Waals surface area contributed by atoms with Gasteiger partial charge in [0.15, 0.2) is 0 Å². The molecular formula is C9H16O2. The summed E-state index contributed by atoms with van der Waals surface area (Å²) in [5, 5.41) is 0. The van der Waals surface area contributed by atoms with Crippen molar-refractivity contribution in [3.63, 3.8) is 0 Å². The Balaban J connectivity index is 1.99. The maximum absolute atomic E-state index is 10.6. The third-order valence-corrected chi connectivity index (χ3v) is 1.89. The summed E-state index contributed by atoms with van der Waals surface area (Å²) in [6.07, 6.45) is 3.31. The van der Waals surface area contributed by atoms with Crippen LogP contribution in [-0.4, -0.2) is 18.5 Å². The van der Waals surface area contributed by atoms with Crippen LogP contribution in [0.1, 0.15) is 33.1 Å². The first kappa shape index (κ1) is 8.72. The van der Waals surface area contributed by atoms with Gasteiger partial charge in [-0.15, -0.1) is 0 Å². The van der Waals surface area contributed by atoms with Gasteiger partial charge in [0.25, 0.3) is 0 Å².